The molecular weight excluding hydrogens is 220 g/mol. The van der Waals surface area contributed by atoms with Gasteiger partial charge in [-0.15, -0.1) is 0 Å². The number of carbonyl (C=O) groups excluding carboxylic acids is 1. The second kappa shape index (κ2) is 6.17. The third-order valence-electron chi connectivity index (χ3n) is 4.24. The van der Waals surface area contributed by atoms with Gasteiger partial charge < -0.3 is 0 Å². The molecule has 0 aliphatic heterocycles. The fourth-order valence-electron chi connectivity index (χ4n) is 3.00. The lowest BCUT2D eigenvalue weighted by Crippen LogP contribution is -2.23. The van der Waals surface area contributed by atoms with E-state index in [0.717, 1.165) is 25.7 Å². The van der Waals surface area contributed by atoms with Crippen LogP contribution in [0.4, 0.5) is 0 Å². The third kappa shape index (κ3) is 3.01. The molecular formula is C17H24O. The van der Waals surface area contributed by atoms with Gasteiger partial charge in [-0.05, 0) is 36.3 Å². The summed E-state index contributed by atoms with van der Waals surface area (Å²) in [6.07, 6.45) is 6.51. The first-order valence-corrected chi connectivity index (χ1v) is 7.36. The van der Waals surface area contributed by atoms with Crippen LogP contribution in [-0.4, -0.2) is 5.78 Å². The first-order valence-electron chi connectivity index (χ1n) is 7.36. The molecule has 1 saturated carbocycles. The smallest absolute Gasteiger partial charge is 0.140 e. The fraction of sp³-hybridized carbons (Fsp3) is 0.588. The quantitative estimate of drug-likeness (QED) is 0.762. The third-order valence-corrected chi connectivity index (χ3v) is 4.24. The van der Waals surface area contributed by atoms with Crippen molar-refractivity contribution in [2.75, 3.05) is 0 Å². The summed E-state index contributed by atoms with van der Waals surface area (Å²) in [5.74, 6) is 1.26. The van der Waals surface area contributed by atoms with Gasteiger partial charge in [-0.25, -0.2) is 0 Å². The molecule has 98 valence electrons. The van der Waals surface area contributed by atoms with Crippen LogP contribution in [0.2, 0.25) is 0 Å². The maximum Gasteiger partial charge on any atom is 0.140 e. The van der Waals surface area contributed by atoms with E-state index >= 15 is 0 Å². The number of carbonyl (C=O) groups is 1. The zero-order valence-corrected chi connectivity index (χ0v) is 11.6. The van der Waals surface area contributed by atoms with Crippen molar-refractivity contribution in [3.8, 4) is 0 Å². The number of hydrogen-bond donors (Lipinski definition) is 0. The fourth-order valence-corrected chi connectivity index (χ4v) is 3.00. The van der Waals surface area contributed by atoms with Crippen LogP contribution in [0.5, 0.6) is 0 Å². The Kier molecular flexibility index (Phi) is 4.57. The van der Waals surface area contributed by atoms with Crippen molar-refractivity contribution in [3.05, 3.63) is 35.4 Å². The molecule has 1 aromatic rings. The van der Waals surface area contributed by atoms with E-state index in [0.29, 0.717) is 11.7 Å². The minimum absolute atomic E-state index is 0.170. The van der Waals surface area contributed by atoms with Gasteiger partial charge in [0.1, 0.15) is 5.78 Å². The van der Waals surface area contributed by atoms with Crippen LogP contribution in [-0.2, 0) is 11.2 Å². The molecule has 0 aromatic heterocycles. The molecule has 2 rings (SSSR count). The van der Waals surface area contributed by atoms with E-state index in [9.17, 15) is 4.79 Å². The second-order valence-corrected chi connectivity index (χ2v) is 5.57. The molecule has 0 amide bonds. The van der Waals surface area contributed by atoms with E-state index in [-0.39, 0.29) is 5.92 Å². The Morgan fingerprint density at radius 1 is 1.11 bits per heavy atom. The zero-order valence-electron chi connectivity index (χ0n) is 11.6. The summed E-state index contributed by atoms with van der Waals surface area (Å²) in [4.78, 5) is 12.2. The van der Waals surface area contributed by atoms with Gasteiger partial charge in [-0.2, -0.15) is 0 Å². The highest BCUT2D eigenvalue weighted by molar-refractivity contribution is 5.86. The Morgan fingerprint density at radius 3 is 2.39 bits per heavy atom. The average molecular weight is 244 g/mol. The lowest BCUT2D eigenvalue weighted by atomic mass is 9.77. The minimum atomic E-state index is 0.170. The predicted octanol–water partition coefficient (Wildman–Crippen LogP) is 4.50. The van der Waals surface area contributed by atoms with Gasteiger partial charge in [0, 0.05) is 12.3 Å². The molecule has 1 aliphatic carbocycles. The Hall–Kier alpha value is -1.11. The number of Topliss-reactive ketones (excluding diaryl/α,β-unsaturated/α-hetero) is 1. The minimum Gasteiger partial charge on any atom is -0.299 e. The van der Waals surface area contributed by atoms with Gasteiger partial charge in [0.15, 0.2) is 0 Å². The summed E-state index contributed by atoms with van der Waals surface area (Å²) in [5.41, 5.74) is 2.62. The van der Waals surface area contributed by atoms with Gasteiger partial charge in [-0.1, -0.05) is 51.0 Å². The highest BCUT2D eigenvalue weighted by Crippen LogP contribution is 2.34. The molecule has 1 aliphatic rings. The molecule has 0 bridgehead atoms. The van der Waals surface area contributed by atoms with Gasteiger partial charge in [0.05, 0.1) is 0 Å². The summed E-state index contributed by atoms with van der Waals surface area (Å²) in [5, 5.41) is 0. The number of ketones is 1. The first kappa shape index (κ1) is 13.3. The summed E-state index contributed by atoms with van der Waals surface area (Å²) in [6.45, 7) is 4.39. The van der Waals surface area contributed by atoms with E-state index in [1.165, 1.54) is 24.0 Å². The molecule has 0 N–H and O–H groups in total. The maximum absolute atomic E-state index is 12.2. The summed E-state index contributed by atoms with van der Waals surface area (Å²) in [6, 6.07) is 8.72. The highest BCUT2D eigenvalue weighted by Gasteiger charge is 2.28. The standard InChI is InChI=1S/C17H24O/c1-3-5-14-6-9-15(10-7-14)16-11-8-13(4-2)12-17(16)18/h6-7,9-10,13,16H,3-5,8,11-12H2,1-2H3/t13-,16+/m1/s1. The molecule has 0 spiro atoms. The predicted molar refractivity (Wildman–Crippen MR) is 75.8 cm³/mol. The summed E-state index contributed by atoms with van der Waals surface area (Å²) >= 11 is 0. The molecule has 1 aromatic carbocycles. The molecule has 0 heterocycles. The van der Waals surface area contributed by atoms with E-state index in [2.05, 4.69) is 38.1 Å². The summed E-state index contributed by atoms with van der Waals surface area (Å²) in [7, 11) is 0. The molecule has 0 saturated heterocycles. The Bertz CT molecular complexity index is 391. The van der Waals surface area contributed by atoms with Crippen molar-refractivity contribution < 1.29 is 4.79 Å². The van der Waals surface area contributed by atoms with Crippen LogP contribution in [0.1, 0.15) is 63.0 Å². The largest absolute Gasteiger partial charge is 0.299 e. The maximum atomic E-state index is 12.2. The highest BCUT2D eigenvalue weighted by atomic mass is 16.1. The van der Waals surface area contributed by atoms with E-state index in [4.69, 9.17) is 0 Å². The Morgan fingerprint density at radius 2 is 1.83 bits per heavy atom. The van der Waals surface area contributed by atoms with Crippen LogP contribution in [0.15, 0.2) is 24.3 Å². The lowest BCUT2D eigenvalue weighted by Gasteiger charge is -2.27. The number of benzene rings is 1. The van der Waals surface area contributed by atoms with Crippen molar-refractivity contribution in [1.29, 1.82) is 0 Å². The molecule has 18 heavy (non-hydrogen) atoms. The normalized spacial score (nSPS) is 24.2. The van der Waals surface area contributed by atoms with Crippen LogP contribution in [0, 0.1) is 5.92 Å². The van der Waals surface area contributed by atoms with Crippen LogP contribution >= 0.6 is 0 Å². The first-order chi connectivity index (χ1) is 8.74. The summed E-state index contributed by atoms with van der Waals surface area (Å²) < 4.78 is 0. The van der Waals surface area contributed by atoms with Crippen molar-refractivity contribution >= 4 is 5.78 Å². The van der Waals surface area contributed by atoms with Gasteiger partial charge >= 0.3 is 0 Å². The zero-order chi connectivity index (χ0) is 13.0. The monoisotopic (exact) mass is 244 g/mol. The molecule has 2 atom stereocenters. The van der Waals surface area contributed by atoms with Crippen LogP contribution < -0.4 is 0 Å². The second-order valence-electron chi connectivity index (χ2n) is 5.57. The lowest BCUT2D eigenvalue weighted by molar-refractivity contribution is -0.123. The van der Waals surface area contributed by atoms with Crippen molar-refractivity contribution in [2.45, 2.75) is 58.3 Å². The number of hydrogen-bond acceptors (Lipinski definition) is 1. The van der Waals surface area contributed by atoms with Crippen molar-refractivity contribution in [3.63, 3.8) is 0 Å². The molecule has 1 fully saturated rings. The molecule has 0 radical (unpaired) electrons. The number of rotatable bonds is 4. The molecule has 1 nitrogen and oxygen atoms in total. The van der Waals surface area contributed by atoms with Crippen molar-refractivity contribution in [2.24, 2.45) is 5.92 Å². The molecule has 1 heteroatoms. The average Bonchev–Trinajstić information content (AvgIpc) is 2.40. The van der Waals surface area contributed by atoms with Crippen LogP contribution in [0.3, 0.4) is 0 Å². The van der Waals surface area contributed by atoms with Gasteiger partial charge in [0.25, 0.3) is 0 Å². The Labute approximate surface area is 111 Å². The van der Waals surface area contributed by atoms with Crippen molar-refractivity contribution in [1.82, 2.24) is 0 Å². The SMILES string of the molecule is CCCc1ccc([C@@H]2CC[C@@H](CC)CC2=O)cc1. The Balaban J connectivity index is 2.05. The van der Waals surface area contributed by atoms with E-state index < -0.39 is 0 Å². The van der Waals surface area contributed by atoms with Gasteiger partial charge in [-0.3, -0.25) is 4.79 Å². The van der Waals surface area contributed by atoms with E-state index in [1.54, 1.807) is 0 Å². The topological polar surface area (TPSA) is 17.1 Å². The number of aryl methyl sites for hydroxylation is 1. The van der Waals surface area contributed by atoms with Crippen LogP contribution in [0.25, 0.3) is 0 Å². The van der Waals surface area contributed by atoms with Gasteiger partial charge in [0.2, 0.25) is 0 Å². The molecule has 0 unspecified atom stereocenters. The van der Waals surface area contributed by atoms with E-state index in [1.807, 2.05) is 0 Å².